The van der Waals surface area contributed by atoms with Gasteiger partial charge in [-0.1, -0.05) is 29.8 Å². The maximum atomic E-state index is 12.6. The van der Waals surface area contributed by atoms with Crippen molar-refractivity contribution in [1.29, 1.82) is 0 Å². The van der Waals surface area contributed by atoms with E-state index in [4.69, 9.17) is 9.47 Å². The van der Waals surface area contributed by atoms with Crippen LogP contribution < -0.4 is 9.47 Å². The van der Waals surface area contributed by atoms with Crippen LogP contribution in [-0.2, 0) is 9.59 Å². The van der Waals surface area contributed by atoms with Gasteiger partial charge in [0.15, 0.2) is 11.5 Å². The number of rotatable bonds is 5. The molecule has 0 saturated carbocycles. The summed E-state index contributed by atoms with van der Waals surface area (Å²) < 4.78 is 11.3. The summed E-state index contributed by atoms with van der Waals surface area (Å²) in [6, 6.07) is 3.53. The number of amides is 2. The Kier molecular flexibility index (Phi) is 5.11. The van der Waals surface area contributed by atoms with E-state index in [1.165, 1.54) is 4.90 Å². The summed E-state index contributed by atoms with van der Waals surface area (Å²) >= 11 is 3.48. The number of benzene rings is 1. The lowest BCUT2D eigenvalue weighted by Crippen LogP contribution is -2.31. The van der Waals surface area contributed by atoms with Crippen LogP contribution in [0.15, 0.2) is 16.6 Å². The first kappa shape index (κ1) is 16.8. The second kappa shape index (κ2) is 6.69. The molecule has 1 aliphatic heterocycles. The summed E-state index contributed by atoms with van der Waals surface area (Å²) in [4.78, 5) is 26.3. The molecule has 120 valence electrons. The molecule has 1 fully saturated rings. The van der Waals surface area contributed by atoms with Crippen molar-refractivity contribution in [3.05, 3.63) is 22.2 Å². The minimum atomic E-state index is -0.492. The molecule has 1 aromatic rings. The van der Waals surface area contributed by atoms with Crippen molar-refractivity contribution in [3.8, 4) is 11.5 Å². The quantitative estimate of drug-likeness (QED) is 0.748. The van der Waals surface area contributed by atoms with E-state index in [9.17, 15) is 9.59 Å². The largest absolute Gasteiger partial charge is 0.493 e. The molecular formula is C16H20BrNO4. The maximum Gasteiger partial charge on any atom is 0.237 e. The van der Waals surface area contributed by atoms with E-state index in [0.717, 1.165) is 16.5 Å². The van der Waals surface area contributed by atoms with Crippen LogP contribution in [-0.4, -0.2) is 37.5 Å². The average Bonchev–Trinajstić information content (AvgIpc) is 2.71. The Balaban J connectivity index is 2.47. The third-order valence-electron chi connectivity index (χ3n) is 3.97. The Morgan fingerprint density at radius 3 is 2.27 bits per heavy atom. The lowest BCUT2D eigenvalue weighted by Gasteiger charge is -2.17. The number of carbonyl (C=O) groups is 2. The van der Waals surface area contributed by atoms with Crippen molar-refractivity contribution >= 4 is 27.7 Å². The minimum absolute atomic E-state index is 0.112. The van der Waals surface area contributed by atoms with Gasteiger partial charge in [-0.15, -0.1) is 0 Å². The van der Waals surface area contributed by atoms with Crippen LogP contribution in [0, 0.1) is 5.92 Å². The van der Waals surface area contributed by atoms with Crippen LogP contribution in [0.25, 0.3) is 0 Å². The number of methoxy groups -OCH3 is 2. The molecule has 0 radical (unpaired) electrons. The monoisotopic (exact) mass is 369 g/mol. The normalized spacial score (nSPS) is 21.4. The van der Waals surface area contributed by atoms with E-state index in [0.29, 0.717) is 18.0 Å². The molecular weight excluding hydrogens is 350 g/mol. The Morgan fingerprint density at radius 1 is 1.14 bits per heavy atom. The predicted octanol–water partition coefficient (Wildman–Crippen LogP) is 2.96. The Morgan fingerprint density at radius 2 is 1.73 bits per heavy atom. The molecule has 1 saturated heterocycles. The van der Waals surface area contributed by atoms with E-state index in [1.807, 2.05) is 6.92 Å². The number of carbonyl (C=O) groups excluding carboxylic acids is 2. The van der Waals surface area contributed by atoms with E-state index >= 15 is 0 Å². The van der Waals surface area contributed by atoms with Crippen molar-refractivity contribution in [1.82, 2.24) is 4.90 Å². The van der Waals surface area contributed by atoms with E-state index in [2.05, 4.69) is 15.9 Å². The van der Waals surface area contributed by atoms with E-state index in [1.54, 1.807) is 33.3 Å². The molecule has 0 aliphatic carbocycles. The Labute approximate surface area is 138 Å². The van der Waals surface area contributed by atoms with Gasteiger partial charge in [0.05, 0.1) is 26.1 Å². The highest BCUT2D eigenvalue weighted by Crippen LogP contribution is 2.42. The molecule has 0 spiro atoms. The second-order valence-corrected chi connectivity index (χ2v) is 6.18. The Hall–Kier alpha value is -1.56. The number of nitrogens with zero attached hydrogens (tertiary/aromatic N) is 1. The standard InChI is InChI=1S/C16H20BrNO4/c1-5-6-18-15(19)9(2)14(16(18)20)10-7-12(21-3)13(22-4)8-11(10)17/h7-9,14H,5-6H2,1-4H3. The first-order valence-corrected chi connectivity index (χ1v) is 8.02. The topological polar surface area (TPSA) is 55.8 Å². The number of imide groups is 1. The van der Waals surface area contributed by atoms with Gasteiger partial charge in [0.1, 0.15) is 0 Å². The van der Waals surface area contributed by atoms with Crippen LogP contribution in [0.1, 0.15) is 31.7 Å². The molecule has 2 amide bonds. The molecule has 0 N–H and O–H groups in total. The number of hydrogen-bond donors (Lipinski definition) is 0. The van der Waals surface area contributed by atoms with Gasteiger partial charge >= 0.3 is 0 Å². The van der Waals surface area contributed by atoms with Gasteiger partial charge in [0.2, 0.25) is 11.8 Å². The summed E-state index contributed by atoms with van der Waals surface area (Å²) in [6.07, 6.45) is 0.754. The van der Waals surface area contributed by atoms with E-state index < -0.39 is 5.92 Å². The first-order valence-electron chi connectivity index (χ1n) is 7.22. The molecule has 1 aromatic carbocycles. The van der Waals surface area contributed by atoms with Gasteiger partial charge < -0.3 is 9.47 Å². The smallest absolute Gasteiger partial charge is 0.237 e. The summed E-state index contributed by atoms with van der Waals surface area (Å²) in [5, 5.41) is 0. The van der Waals surface area contributed by atoms with E-state index in [-0.39, 0.29) is 17.7 Å². The van der Waals surface area contributed by atoms with Crippen LogP contribution in [0.5, 0.6) is 11.5 Å². The molecule has 2 unspecified atom stereocenters. The first-order chi connectivity index (χ1) is 10.5. The molecule has 1 aliphatic rings. The van der Waals surface area contributed by atoms with Gasteiger partial charge in [0.25, 0.3) is 0 Å². The van der Waals surface area contributed by atoms with Gasteiger partial charge in [0, 0.05) is 11.0 Å². The average molecular weight is 370 g/mol. The van der Waals surface area contributed by atoms with Gasteiger partial charge in [-0.3, -0.25) is 14.5 Å². The van der Waals surface area contributed by atoms with Crippen molar-refractivity contribution < 1.29 is 19.1 Å². The van der Waals surface area contributed by atoms with Crippen molar-refractivity contribution in [3.63, 3.8) is 0 Å². The molecule has 6 heteroatoms. The fourth-order valence-electron chi connectivity index (χ4n) is 2.83. The maximum absolute atomic E-state index is 12.6. The van der Waals surface area contributed by atoms with Crippen molar-refractivity contribution in [2.75, 3.05) is 20.8 Å². The van der Waals surface area contributed by atoms with Crippen LogP contribution in [0.3, 0.4) is 0 Å². The van der Waals surface area contributed by atoms with Crippen molar-refractivity contribution in [2.45, 2.75) is 26.2 Å². The van der Waals surface area contributed by atoms with Crippen molar-refractivity contribution in [2.24, 2.45) is 5.92 Å². The van der Waals surface area contributed by atoms with Gasteiger partial charge in [-0.25, -0.2) is 0 Å². The van der Waals surface area contributed by atoms with Gasteiger partial charge in [-0.05, 0) is 24.1 Å². The fraction of sp³-hybridized carbons (Fsp3) is 0.500. The molecule has 1 heterocycles. The SMILES string of the molecule is CCCN1C(=O)C(C)C(c2cc(OC)c(OC)cc2Br)C1=O. The molecule has 0 aromatic heterocycles. The number of ether oxygens (including phenoxy) is 2. The van der Waals surface area contributed by atoms with Crippen LogP contribution >= 0.6 is 15.9 Å². The summed E-state index contributed by atoms with van der Waals surface area (Å²) in [6.45, 7) is 4.21. The molecule has 22 heavy (non-hydrogen) atoms. The number of likely N-dealkylation sites (tertiary alicyclic amines) is 1. The zero-order chi connectivity index (χ0) is 16.4. The summed E-state index contributed by atoms with van der Waals surface area (Å²) in [7, 11) is 3.10. The highest BCUT2D eigenvalue weighted by atomic mass is 79.9. The summed E-state index contributed by atoms with van der Waals surface area (Å²) in [5.74, 6) is -0.0115. The van der Waals surface area contributed by atoms with Crippen LogP contribution in [0.2, 0.25) is 0 Å². The second-order valence-electron chi connectivity index (χ2n) is 5.32. The fourth-order valence-corrected chi connectivity index (χ4v) is 3.40. The highest BCUT2D eigenvalue weighted by molar-refractivity contribution is 9.10. The molecule has 0 bridgehead atoms. The third kappa shape index (κ3) is 2.72. The summed E-state index contributed by atoms with van der Waals surface area (Å²) in [5.41, 5.74) is 0.752. The lowest BCUT2D eigenvalue weighted by atomic mass is 9.89. The Bertz CT molecular complexity index is 602. The molecule has 5 nitrogen and oxygen atoms in total. The highest BCUT2D eigenvalue weighted by Gasteiger charge is 2.46. The third-order valence-corrected chi connectivity index (χ3v) is 4.66. The predicted molar refractivity (Wildman–Crippen MR) is 86.2 cm³/mol. The molecule has 2 rings (SSSR count). The van der Waals surface area contributed by atoms with Gasteiger partial charge in [-0.2, -0.15) is 0 Å². The van der Waals surface area contributed by atoms with Crippen LogP contribution in [0.4, 0.5) is 0 Å². The zero-order valence-electron chi connectivity index (χ0n) is 13.2. The molecule has 2 atom stereocenters. The minimum Gasteiger partial charge on any atom is -0.493 e. The lowest BCUT2D eigenvalue weighted by molar-refractivity contribution is -0.139. The zero-order valence-corrected chi connectivity index (χ0v) is 14.8. The number of halogens is 1. The number of hydrogen-bond acceptors (Lipinski definition) is 4.